The lowest BCUT2D eigenvalue weighted by atomic mass is 9.91. The minimum absolute atomic E-state index is 0.190. The second-order valence-electron chi connectivity index (χ2n) is 4.95. The average Bonchev–Trinajstić information content (AvgIpc) is 2.39. The molecule has 2 heteroatoms. The number of benzene rings is 2. The molecular formula is C16H17NO. The van der Waals surface area contributed by atoms with Gasteiger partial charge in [-0.3, -0.25) is 0 Å². The Morgan fingerprint density at radius 2 is 1.78 bits per heavy atom. The number of hydrogen-bond acceptors (Lipinski definition) is 2. The van der Waals surface area contributed by atoms with Gasteiger partial charge in [-0.1, -0.05) is 48.0 Å². The van der Waals surface area contributed by atoms with E-state index in [9.17, 15) is 5.11 Å². The predicted molar refractivity (Wildman–Crippen MR) is 73.6 cm³/mol. The van der Waals surface area contributed by atoms with E-state index in [0.717, 1.165) is 17.7 Å². The molecule has 0 saturated carbocycles. The van der Waals surface area contributed by atoms with Gasteiger partial charge in [-0.05, 0) is 18.6 Å². The van der Waals surface area contributed by atoms with Crippen molar-refractivity contribution in [3.63, 3.8) is 0 Å². The summed E-state index contributed by atoms with van der Waals surface area (Å²) in [5.74, 6) is 0. The molecule has 92 valence electrons. The van der Waals surface area contributed by atoms with Crippen LogP contribution in [0.2, 0.25) is 0 Å². The van der Waals surface area contributed by atoms with Crippen LogP contribution >= 0.6 is 0 Å². The molecule has 18 heavy (non-hydrogen) atoms. The zero-order valence-corrected chi connectivity index (χ0v) is 10.4. The molecule has 2 aromatic rings. The number of rotatable bonds is 1. The Morgan fingerprint density at radius 3 is 2.56 bits per heavy atom. The molecule has 0 aliphatic carbocycles. The molecule has 2 unspecified atom stereocenters. The lowest BCUT2D eigenvalue weighted by Gasteiger charge is -2.31. The topological polar surface area (TPSA) is 32.3 Å². The van der Waals surface area contributed by atoms with E-state index in [1.807, 2.05) is 24.3 Å². The number of aryl methyl sites for hydroxylation is 1. The summed E-state index contributed by atoms with van der Waals surface area (Å²) in [4.78, 5) is 0. The molecule has 2 aromatic carbocycles. The highest BCUT2D eigenvalue weighted by Gasteiger charge is 2.25. The number of nitrogens with one attached hydrogen (secondary N) is 1. The molecule has 1 aliphatic heterocycles. The van der Waals surface area contributed by atoms with Crippen molar-refractivity contribution in [3.05, 3.63) is 65.2 Å². The minimum atomic E-state index is -0.381. The smallest absolute Gasteiger partial charge is 0.0832 e. The summed E-state index contributed by atoms with van der Waals surface area (Å²) in [6, 6.07) is 16.7. The molecule has 0 bridgehead atoms. The summed E-state index contributed by atoms with van der Waals surface area (Å²) >= 11 is 0. The monoisotopic (exact) mass is 239 g/mol. The Hall–Kier alpha value is -1.80. The average molecular weight is 239 g/mol. The van der Waals surface area contributed by atoms with Crippen molar-refractivity contribution in [2.24, 2.45) is 0 Å². The second kappa shape index (κ2) is 4.46. The summed E-state index contributed by atoms with van der Waals surface area (Å²) in [6.07, 6.45) is 0.342. The Labute approximate surface area is 107 Å². The normalized spacial score (nSPS) is 22.1. The van der Waals surface area contributed by atoms with Crippen molar-refractivity contribution >= 4 is 5.69 Å². The molecule has 1 heterocycles. The van der Waals surface area contributed by atoms with Gasteiger partial charge in [-0.15, -0.1) is 0 Å². The summed E-state index contributed by atoms with van der Waals surface area (Å²) in [6.45, 7) is 2.09. The number of para-hydroxylation sites is 1. The maximum atomic E-state index is 10.2. The van der Waals surface area contributed by atoms with Crippen LogP contribution in [0.25, 0.3) is 0 Å². The molecule has 2 nitrogen and oxygen atoms in total. The van der Waals surface area contributed by atoms with Gasteiger partial charge in [-0.2, -0.15) is 0 Å². The summed E-state index contributed by atoms with van der Waals surface area (Å²) in [7, 11) is 0. The predicted octanol–water partition coefficient (Wildman–Crippen LogP) is 3.59. The van der Waals surface area contributed by atoms with Gasteiger partial charge in [0.15, 0.2) is 0 Å². The molecule has 0 radical (unpaired) electrons. The van der Waals surface area contributed by atoms with Gasteiger partial charge in [0, 0.05) is 17.7 Å². The highest BCUT2D eigenvalue weighted by Crippen LogP contribution is 2.38. The summed E-state index contributed by atoms with van der Waals surface area (Å²) in [5, 5.41) is 13.7. The van der Waals surface area contributed by atoms with E-state index in [1.165, 1.54) is 11.1 Å². The van der Waals surface area contributed by atoms with Crippen LogP contribution < -0.4 is 5.32 Å². The van der Waals surface area contributed by atoms with Gasteiger partial charge in [-0.25, -0.2) is 0 Å². The maximum absolute atomic E-state index is 10.2. The number of aliphatic hydroxyl groups excluding tert-OH is 1. The van der Waals surface area contributed by atoms with Crippen LogP contribution in [0.5, 0.6) is 0 Å². The highest BCUT2D eigenvalue weighted by molar-refractivity contribution is 5.56. The van der Waals surface area contributed by atoms with Crippen molar-refractivity contribution in [2.75, 3.05) is 5.32 Å². The number of fused-ring (bicyclic) bond motifs is 1. The van der Waals surface area contributed by atoms with Crippen molar-refractivity contribution < 1.29 is 5.11 Å². The molecular weight excluding hydrogens is 222 g/mol. The van der Waals surface area contributed by atoms with Gasteiger partial charge < -0.3 is 10.4 Å². The van der Waals surface area contributed by atoms with Crippen LogP contribution in [0.4, 0.5) is 5.69 Å². The Morgan fingerprint density at radius 1 is 1.06 bits per heavy atom. The number of hydrogen-bond donors (Lipinski definition) is 2. The third kappa shape index (κ3) is 2.00. The molecule has 1 aliphatic rings. The first-order valence-corrected chi connectivity index (χ1v) is 6.34. The van der Waals surface area contributed by atoms with Gasteiger partial charge >= 0.3 is 0 Å². The molecule has 2 atom stereocenters. The lowest BCUT2D eigenvalue weighted by molar-refractivity contribution is 0.156. The third-order valence-electron chi connectivity index (χ3n) is 3.59. The molecule has 2 N–H and O–H groups in total. The van der Waals surface area contributed by atoms with Crippen LogP contribution in [0.1, 0.15) is 35.3 Å². The lowest BCUT2D eigenvalue weighted by Crippen LogP contribution is -2.21. The fraction of sp³-hybridized carbons (Fsp3) is 0.250. The van der Waals surface area contributed by atoms with Crippen molar-refractivity contribution in [3.8, 4) is 0 Å². The van der Waals surface area contributed by atoms with E-state index < -0.39 is 0 Å². The van der Waals surface area contributed by atoms with E-state index >= 15 is 0 Å². The van der Waals surface area contributed by atoms with Gasteiger partial charge in [0.25, 0.3) is 0 Å². The standard InChI is InChI=1S/C16H17NO/c1-11-6-8-12(9-7-11)15-10-16(18)13-4-2-3-5-14(13)17-15/h2-9,15-18H,10H2,1H3. The Kier molecular flexibility index (Phi) is 2.80. The zero-order chi connectivity index (χ0) is 12.5. The quantitative estimate of drug-likeness (QED) is 0.797. The van der Waals surface area contributed by atoms with Crippen molar-refractivity contribution in [1.29, 1.82) is 0 Å². The second-order valence-corrected chi connectivity index (χ2v) is 4.95. The molecule has 0 saturated heterocycles. The Balaban J connectivity index is 1.92. The van der Waals surface area contributed by atoms with E-state index in [0.29, 0.717) is 0 Å². The fourth-order valence-electron chi connectivity index (χ4n) is 2.53. The summed E-state index contributed by atoms with van der Waals surface area (Å²) < 4.78 is 0. The maximum Gasteiger partial charge on any atom is 0.0832 e. The van der Waals surface area contributed by atoms with Crippen LogP contribution in [0, 0.1) is 6.92 Å². The van der Waals surface area contributed by atoms with Crippen molar-refractivity contribution in [2.45, 2.75) is 25.5 Å². The van der Waals surface area contributed by atoms with Gasteiger partial charge in [0.05, 0.1) is 12.1 Å². The number of aliphatic hydroxyl groups is 1. The number of anilines is 1. The largest absolute Gasteiger partial charge is 0.388 e. The van der Waals surface area contributed by atoms with Crippen LogP contribution in [0.15, 0.2) is 48.5 Å². The van der Waals surface area contributed by atoms with Crippen LogP contribution in [-0.2, 0) is 0 Å². The SMILES string of the molecule is Cc1ccc(C2CC(O)c3ccccc3N2)cc1. The van der Waals surface area contributed by atoms with Crippen LogP contribution in [-0.4, -0.2) is 5.11 Å². The first kappa shape index (κ1) is 11.3. The summed E-state index contributed by atoms with van der Waals surface area (Å²) in [5.41, 5.74) is 4.53. The molecule has 0 amide bonds. The molecule has 0 aromatic heterocycles. The third-order valence-corrected chi connectivity index (χ3v) is 3.59. The highest BCUT2D eigenvalue weighted by atomic mass is 16.3. The first-order chi connectivity index (χ1) is 8.74. The first-order valence-electron chi connectivity index (χ1n) is 6.34. The van der Waals surface area contributed by atoms with Gasteiger partial charge in [0.2, 0.25) is 0 Å². The molecule has 0 spiro atoms. The van der Waals surface area contributed by atoms with E-state index in [1.54, 1.807) is 0 Å². The van der Waals surface area contributed by atoms with E-state index in [-0.39, 0.29) is 12.1 Å². The van der Waals surface area contributed by atoms with Crippen LogP contribution in [0.3, 0.4) is 0 Å². The fourth-order valence-corrected chi connectivity index (χ4v) is 2.53. The van der Waals surface area contributed by atoms with E-state index in [2.05, 4.69) is 36.5 Å². The molecule has 3 rings (SSSR count). The van der Waals surface area contributed by atoms with Crippen molar-refractivity contribution in [1.82, 2.24) is 0 Å². The van der Waals surface area contributed by atoms with E-state index in [4.69, 9.17) is 0 Å². The molecule has 0 fully saturated rings. The zero-order valence-electron chi connectivity index (χ0n) is 10.4. The Bertz CT molecular complexity index is 547. The van der Waals surface area contributed by atoms with Gasteiger partial charge in [0.1, 0.15) is 0 Å². The minimum Gasteiger partial charge on any atom is -0.388 e.